The number of aromatic nitrogens is 1. The monoisotopic (exact) mass is 435 g/mol. The van der Waals surface area contributed by atoms with Gasteiger partial charge in [-0.25, -0.2) is 8.42 Å². The third-order valence-electron chi connectivity index (χ3n) is 3.76. The van der Waals surface area contributed by atoms with E-state index in [1.807, 2.05) is 0 Å². The van der Waals surface area contributed by atoms with Crippen molar-refractivity contribution in [3.8, 4) is 0 Å². The van der Waals surface area contributed by atoms with Crippen LogP contribution in [0.3, 0.4) is 0 Å². The standard InChI is InChI=1S/C19H15Cl2N3O3S/c20-16-9-4-10-17(19(16)21)24(28(26,27)15-7-2-1-3-8-15)13-18(25)23-14-6-5-11-22-12-14/h1-12H,13H2,(H,23,25). The maximum Gasteiger partial charge on any atom is 0.264 e. The molecule has 0 aliphatic heterocycles. The third kappa shape index (κ3) is 4.44. The molecule has 0 aliphatic rings. The summed E-state index contributed by atoms with van der Waals surface area (Å²) in [5.41, 5.74) is 0.557. The fourth-order valence-electron chi connectivity index (χ4n) is 2.47. The number of hydrogen-bond acceptors (Lipinski definition) is 4. The molecule has 0 atom stereocenters. The molecule has 1 N–H and O–H groups in total. The maximum absolute atomic E-state index is 13.2. The number of sulfonamides is 1. The second-order valence-corrected chi connectivity index (χ2v) is 8.34. The van der Waals surface area contributed by atoms with E-state index in [4.69, 9.17) is 23.2 Å². The van der Waals surface area contributed by atoms with E-state index in [1.54, 1.807) is 42.6 Å². The van der Waals surface area contributed by atoms with E-state index in [0.717, 1.165) is 4.31 Å². The van der Waals surface area contributed by atoms with E-state index in [0.29, 0.717) is 5.69 Å². The molecular weight excluding hydrogens is 421 g/mol. The highest BCUT2D eigenvalue weighted by atomic mass is 35.5. The molecule has 0 bridgehead atoms. The third-order valence-corrected chi connectivity index (χ3v) is 6.35. The Labute approximate surface area is 172 Å². The summed E-state index contributed by atoms with van der Waals surface area (Å²) in [5.74, 6) is -0.552. The smallest absolute Gasteiger partial charge is 0.264 e. The van der Waals surface area contributed by atoms with Crippen LogP contribution < -0.4 is 9.62 Å². The number of benzene rings is 2. The zero-order chi connectivity index (χ0) is 20.1. The lowest BCUT2D eigenvalue weighted by Gasteiger charge is -2.25. The molecule has 0 spiro atoms. The van der Waals surface area contributed by atoms with Crippen LogP contribution in [0.4, 0.5) is 11.4 Å². The second-order valence-electron chi connectivity index (χ2n) is 5.69. The lowest BCUT2D eigenvalue weighted by atomic mass is 10.3. The van der Waals surface area contributed by atoms with Crippen LogP contribution in [0.1, 0.15) is 0 Å². The van der Waals surface area contributed by atoms with Gasteiger partial charge < -0.3 is 5.32 Å². The molecule has 1 aromatic heterocycles. The van der Waals surface area contributed by atoms with E-state index in [1.165, 1.54) is 30.5 Å². The van der Waals surface area contributed by atoms with E-state index in [2.05, 4.69) is 10.3 Å². The van der Waals surface area contributed by atoms with Gasteiger partial charge in [0.05, 0.1) is 32.5 Å². The summed E-state index contributed by atoms with van der Waals surface area (Å²) in [6.07, 6.45) is 3.02. The molecule has 0 radical (unpaired) electrons. The Morgan fingerprint density at radius 3 is 2.43 bits per heavy atom. The minimum atomic E-state index is -4.07. The van der Waals surface area contributed by atoms with Crippen LogP contribution in [0.2, 0.25) is 10.0 Å². The highest BCUT2D eigenvalue weighted by Gasteiger charge is 2.29. The number of hydrogen-bond donors (Lipinski definition) is 1. The van der Waals surface area contributed by atoms with Crippen molar-refractivity contribution in [2.24, 2.45) is 0 Å². The van der Waals surface area contributed by atoms with Gasteiger partial charge in [-0.2, -0.15) is 0 Å². The van der Waals surface area contributed by atoms with Gasteiger partial charge in [-0.1, -0.05) is 47.5 Å². The van der Waals surface area contributed by atoms with Gasteiger partial charge in [0.1, 0.15) is 6.54 Å². The predicted octanol–water partition coefficient (Wildman–Crippen LogP) is 4.22. The zero-order valence-corrected chi connectivity index (χ0v) is 16.7. The number of nitrogens with one attached hydrogen (secondary N) is 1. The van der Waals surface area contributed by atoms with Gasteiger partial charge in [-0.3, -0.25) is 14.1 Å². The van der Waals surface area contributed by atoms with Gasteiger partial charge in [-0.05, 0) is 36.4 Å². The van der Waals surface area contributed by atoms with Crippen LogP contribution in [-0.4, -0.2) is 25.9 Å². The van der Waals surface area contributed by atoms with Crippen molar-refractivity contribution in [1.29, 1.82) is 0 Å². The Balaban J connectivity index is 2.00. The first kappa shape index (κ1) is 20.1. The molecule has 2 aromatic carbocycles. The molecule has 6 nitrogen and oxygen atoms in total. The van der Waals surface area contributed by atoms with E-state index in [-0.39, 0.29) is 20.6 Å². The Morgan fingerprint density at radius 2 is 1.75 bits per heavy atom. The largest absolute Gasteiger partial charge is 0.323 e. The van der Waals surface area contributed by atoms with Crippen molar-refractivity contribution in [1.82, 2.24) is 4.98 Å². The molecule has 9 heteroatoms. The van der Waals surface area contributed by atoms with Gasteiger partial charge in [0.2, 0.25) is 5.91 Å². The van der Waals surface area contributed by atoms with Gasteiger partial charge in [0.15, 0.2) is 0 Å². The summed E-state index contributed by atoms with van der Waals surface area (Å²) in [4.78, 5) is 16.5. The molecule has 28 heavy (non-hydrogen) atoms. The SMILES string of the molecule is O=C(CN(c1cccc(Cl)c1Cl)S(=O)(=O)c1ccccc1)Nc1cccnc1. The topological polar surface area (TPSA) is 79.4 Å². The number of carbonyl (C=O) groups is 1. The normalized spacial score (nSPS) is 11.1. The number of pyridine rings is 1. The number of anilines is 2. The number of halogens is 2. The minimum Gasteiger partial charge on any atom is -0.323 e. The van der Waals surface area contributed by atoms with Gasteiger partial charge in [0.25, 0.3) is 10.0 Å². The van der Waals surface area contributed by atoms with Crippen LogP contribution in [0.15, 0.2) is 78.0 Å². The number of nitrogens with zero attached hydrogens (tertiary/aromatic N) is 2. The van der Waals surface area contributed by atoms with Crippen molar-refractivity contribution in [2.75, 3.05) is 16.2 Å². The minimum absolute atomic E-state index is 0.0280. The fraction of sp³-hybridized carbons (Fsp3) is 0.0526. The summed E-state index contributed by atoms with van der Waals surface area (Å²) in [7, 11) is -4.07. The van der Waals surface area contributed by atoms with Crippen LogP contribution in [-0.2, 0) is 14.8 Å². The highest BCUT2D eigenvalue weighted by molar-refractivity contribution is 7.92. The summed E-state index contributed by atoms with van der Waals surface area (Å²) < 4.78 is 27.4. The van der Waals surface area contributed by atoms with Gasteiger partial charge >= 0.3 is 0 Å². The molecule has 3 aromatic rings. The summed E-state index contributed by atoms with van der Waals surface area (Å²) >= 11 is 12.3. The van der Waals surface area contributed by atoms with Gasteiger partial charge in [-0.15, -0.1) is 0 Å². The quantitative estimate of drug-likeness (QED) is 0.628. The van der Waals surface area contributed by atoms with Crippen LogP contribution in [0, 0.1) is 0 Å². The van der Waals surface area contributed by atoms with Crippen molar-refractivity contribution < 1.29 is 13.2 Å². The first-order valence-electron chi connectivity index (χ1n) is 8.11. The molecule has 0 fully saturated rings. The average Bonchev–Trinajstić information content (AvgIpc) is 2.70. The lowest BCUT2D eigenvalue weighted by molar-refractivity contribution is -0.114. The van der Waals surface area contributed by atoms with Crippen molar-refractivity contribution in [2.45, 2.75) is 4.90 Å². The van der Waals surface area contributed by atoms with E-state index in [9.17, 15) is 13.2 Å². The molecule has 1 amide bonds. The van der Waals surface area contributed by atoms with Crippen molar-refractivity contribution in [3.63, 3.8) is 0 Å². The zero-order valence-electron chi connectivity index (χ0n) is 14.4. The molecule has 144 valence electrons. The molecule has 0 saturated carbocycles. The summed E-state index contributed by atoms with van der Waals surface area (Å²) in [5, 5.41) is 2.84. The Bertz CT molecular complexity index is 1080. The van der Waals surface area contributed by atoms with Crippen LogP contribution in [0.5, 0.6) is 0 Å². The maximum atomic E-state index is 13.2. The molecule has 3 rings (SSSR count). The fourth-order valence-corrected chi connectivity index (χ4v) is 4.37. The Hall–Kier alpha value is -2.61. The highest BCUT2D eigenvalue weighted by Crippen LogP contribution is 2.35. The number of rotatable bonds is 6. The molecule has 0 aliphatic carbocycles. The molecule has 1 heterocycles. The molecule has 0 saturated heterocycles. The van der Waals surface area contributed by atoms with Crippen LogP contribution in [0.25, 0.3) is 0 Å². The van der Waals surface area contributed by atoms with Crippen molar-refractivity contribution >= 4 is 50.5 Å². The first-order valence-corrected chi connectivity index (χ1v) is 10.3. The predicted molar refractivity (Wildman–Crippen MR) is 110 cm³/mol. The van der Waals surface area contributed by atoms with E-state index < -0.39 is 22.5 Å². The number of carbonyl (C=O) groups excluding carboxylic acids is 1. The van der Waals surface area contributed by atoms with Crippen LogP contribution >= 0.6 is 23.2 Å². The lowest BCUT2D eigenvalue weighted by Crippen LogP contribution is -2.38. The Morgan fingerprint density at radius 1 is 1.00 bits per heavy atom. The van der Waals surface area contributed by atoms with Crippen molar-refractivity contribution in [3.05, 3.63) is 83.1 Å². The average molecular weight is 436 g/mol. The molecular formula is C19H15Cl2N3O3S. The first-order chi connectivity index (χ1) is 13.4. The molecule has 0 unspecified atom stereocenters. The summed E-state index contributed by atoms with van der Waals surface area (Å²) in [6, 6.07) is 15.7. The summed E-state index contributed by atoms with van der Waals surface area (Å²) in [6.45, 7) is -0.494. The van der Waals surface area contributed by atoms with E-state index >= 15 is 0 Å². The van der Waals surface area contributed by atoms with Gasteiger partial charge in [0, 0.05) is 6.20 Å². The number of amides is 1. The Kier molecular flexibility index (Phi) is 6.18. The second kappa shape index (κ2) is 8.60.